The second-order valence-electron chi connectivity index (χ2n) is 3.48. The molecule has 1 heterocycles. The van der Waals surface area contributed by atoms with E-state index in [9.17, 15) is 14.0 Å². The summed E-state index contributed by atoms with van der Waals surface area (Å²) in [5.74, 6) is -0.811. The highest BCUT2D eigenvalue weighted by atomic mass is 19.1. The Labute approximate surface area is 96.4 Å². The van der Waals surface area contributed by atoms with Gasteiger partial charge in [-0.2, -0.15) is 0 Å². The summed E-state index contributed by atoms with van der Waals surface area (Å²) in [6.45, 7) is -0.143. The minimum Gasteiger partial charge on any atom is -0.292 e. The number of rotatable bonds is 3. The Morgan fingerprint density at radius 3 is 2.88 bits per heavy atom. The van der Waals surface area contributed by atoms with Crippen LogP contribution in [0, 0.1) is 5.82 Å². The predicted molar refractivity (Wildman–Crippen MR) is 59.2 cm³/mol. The third-order valence-corrected chi connectivity index (χ3v) is 2.25. The minimum atomic E-state index is -0.477. The van der Waals surface area contributed by atoms with Crippen LogP contribution < -0.4 is 5.56 Å². The van der Waals surface area contributed by atoms with E-state index in [4.69, 9.17) is 0 Å². The molecule has 0 radical (unpaired) electrons. The Hall–Kier alpha value is -2.30. The van der Waals surface area contributed by atoms with Gasteiger partial charge in [0.25, 0.3) is 5.56 Å². The Kier molecular flexibility index (Phi) is 3.09. The van der Waals surface area contributed by atoms with E-state index in [0.717, 1.165) is 6.07 Å². The van der Waals surface area contributed by atoms with Crippen molar-refractivity contribution in [3.63, 3.8) is 0 Å². The van der Waals surface area contributed by atoms with Crippen molar-refractivity contribution in [1.82, 2.24) is 9.55 Å². The normalized spacial score (nSPS) is 10.2. The molecular formula is C12H9FN2O2. The van der Waals surface area contributed by atoms with E-state index >= 15 is 0 Å². The van der Waals surface area contributed by atoms with Crippen molar-refractivity contribution in [3.8, 4) is 0 Å². The highest BCUT2D eigenvalue weighted by Crippen LogP contribution is 2.05. The SMILES string of the molecule is O=C(Cn1cnccc1=O)c1cccc(F)c1. The zero-order chi connectivity index (χ0) is 12.3. The van der Waals surface area contributed by atoms with Crippen LogP contribution >= 0.6 is 0 Å². The van der Waals surface area contributed by atoms with Crippen LogP contribution in [0.3, 0.4) is 0 Å². The standard InChI is InChI=1S/C12H9FN2O2/c13-10-3-1-2-9(6-10)11(16)7-15-8-14-5-4-12(15)17/h1-6,8H,7H2. The molecule has 1 aromatic carbocycles. The number of aromatic nitrogens is 2. The molecular weight excluding hydrogens is 223 g/mol. The van der Waals surface area contributed by atoms with E-state index in [-0.39, 0.29) is 23.5 Å². The number of hydrogen-bond donors (Lipinski definition) is 0. The Morgan fingerprint density at radius 1 is 1.35 bits per heavy atom. The third kappa shape index (κ3) is 2.63. The number of benzene rings is 1. The van der Waals surface area contributed by atoms with Crippen LogP contribution in [0.4, 0.5) is 4.39 Å². The van der Waals surface area contributed by atoms with Crippen LogP contribution in [0.25, 0.3) is 0 Å². The van der Waals surface area contributed by atoms with Crippen LogP contribution in [0.15, 0.2) is 47.7 Å². The van der Waals surface area contributed by atoms with Gasteiger partial charge < -0.3 is 0 Å². The van der Waals surface area contributed by atoms with Gasteiger partial charge in [0, 0.05) is 17.8 Å². The van der Waals surface area contributed by atoms with Gasteiger partial charge in [-0.15, -0.1) is 0 Å². The fraction of sp³-hybridized carbons (Fsp3) is 0.0833. The van der Waals surface area contributed by atoms with Crippen LogP contribution in [0.1, 0.15) is 10.4 Å². The topological polar surface area (TPSA) is 52.0 Å². The van der Waals surface area contributed by atoms with Crippen molar-refractivity contribution in [2.24, 2.45) is 0 Å². The van der Waals surface area contributed by atoms with E-state index < -0.39 is 5.82 Å². The van der Waals surface area contributed by atoms with Crippen molar-refractivity contribution < 1.29 is 9.18 Å². The van der Waals surface area contributed by atoms with Crippen molar-refractivity contribution in [2.45, 2.75) is 6.54 Å². The van der Waals surface area contributed by atoms with Crippen LogP contribution in [-0.4, -0.2) is 15.3 Å². The van der Waals surface area contributed by atoms with Crippen molar-refractivity contribution in [3.05, 3.63) is 64.6 Å². The summed E-state index contributed by atoms with van der Waals surface area (Å²) in [5, 5.41) is 0. The summed E-state index contributed by atoms with van der Waals surface area (Å²) in [4.78, 5) is 26.9. The minimum absolute atomic E-state index is 0.143. The summed E-state index contributed by atoms with van der Waals surface area (Å²) in [6, 6.07) is 6.62. The molecule has 4 nitrogen and oxygen atoms in total. The lowest BCUT2D eigenvalue weighted by Gasteiger charge is -2.03. The average Bonchev–Trinajstić information content (AvgIpc) is 2.32. The largest absolute Gasteiger partial charge is 0.292 e. The molecule has 0 amide bonds. The molecule has 1 aromatic heterocycles. The van der Waals surface area contributed by atoms with Gasteiger partial charge in [0.15, 0.2) is 5.78 Å². The molecule has 0 saturated heterocycles. The number of carbonyl (C=O) groups excluding carboxylic acids is 1. The first kappa shape index (κ1) is 11.2. The number of ketones is 1. The lowest BCUT2D eigenvalue weighted by atomic mass is 10.1. The van der Waals surface area contributed by atoms with E-state index in [2.05, 4.69) is 4.98 Å². The van der Waals surface area contributed by atoms with Crippen molar-refractivity contribution in [2.75, 3.05) is 0 Å². The van der Waals surface area contributed by atoms with E-state index in [1.807, 2.05) is 0 Å². The molecule has 0 aliphatic carbocycles. The van der Waals surface area contributed by atoms with Gasteiger partial charge in [-0.05, 0) is 12.1 Å². The van der Waals surface area contributed by atoms with Gasteiger partial charge in [-0.25, -0.2) is 9.37 Å². The Morgan fingerprint density at radius 2 is 2.18 bits per heavy atom. The summed E-state index contributed by atoms with van der Waals surface area (Å²) in [7, 11) is 0. The molecule has 2 aromatic rings. The Bertz CT molecular complexity index is 607. The van der Waals surface area contributed by atoms with Crippen LogP contribution in [0.2, 0.25) is 0 Å². The first-order chi connectivity index (χ1) is 8.16. The van der Waals surface area contributed by atoms with E-state index in [1.165, 1.54) is 41.4 Å². The molecule has 2 rings (SSSR count). The predicted octanol–water partition coefficient (Wildman–Crippen LogP) is 1.27. The molecule has 0 N–H and O–H groups in total. The molecule has 0 saturated carbocycles. The number of hydrogen-bond acceptors (Lipinski definition) is 3. The summed E-state index contributed by atoms with van der Waals surface area (Å²) >= 11 is 0. The van der Waals surface area contributed by atoms with Gasteiger partial charge in [0.1, 0.15) is 5.82 Å². The molecule has 0 aliphatic rings. The zero-order valence-electron chi connectivity index (χ0n) is 8.84. The van der Waals surface area contributed by atoms with Crippen LogP contribution in [-0.2, 0) is 6.54 Å². The maximum atomic E-state index is 12.9. The second kappa shape index (κ2) is 4.69. The van der Waals surface area contributed by atoms with Crippen molar-refractivity contribution in [1.29, 1.82) is 0 Å². The summed E-state index contributed by atoms with van der Waals surface area (Å²) < 4.78 is 14.1. The molecule has 86 valence electrons. The highest BCUT2D eigenvalue weighted by Gasteiger charge is 2.08. The maximum absolute atomic E-state index is 12.9. The first-order valence-corrected chi connectivity index (χ1v) is 4.96. The van der Waals surface area contributed by atoms with Gasteiger partial charge in [-0.3, -0.25) is 14.2 Å². The number of halogens is 1. The van der Waals surface area contributed by atoms with Crippen molar-refractivity contribution >= 4 is 5.78 Å². The van der Waals surface area contributed by atoms with Gasteiger partial charge in [0.2, 0.25) is 0 Å². The molecule has 0 bridgehead atoms. The van der Waals surface area contributed by atoms with Crippen LogP contribution in [0.5, 0.6) is 0 Å². The highest BCUT2D eigenvalue weighted by molar-refractivity contribution is 5.95. The molecule has 0 atom stereocenters. The quantitative estimate of drug-likeness (QED) is 0.749. The smallest absolute Gasteiger partial charge is 0.253 e. The lowest BCUT2D eigenvalue weighted by Crippen LogP contribution is -2.23. The zero-order valence-corrected chi connectivity index (χ0v) is 8.84. The lowest BCUT2D eigenvalue weighted by molar-refractivity contribution is 0.0970. The number of carbonyl (C=O) groups is 1. The van der Waals surface area contributed by atoms with Gasteiger partial charge in [-0.1, -0.05) is 12.1 Å². The molecule has 0 fully saturated rings. The monoisotopic (exact) mass is 232 g/mol. The van der Waals surface area contributed by atoms with Gasteiger partial charge >= 0.3 is 0 Å². The maximum Gasteiger partial charge on any atom is 0.253 e. The van der Waals surface area contributed by atoms with E-state index in [0.29, 0.717) is 0 Å². The average molecular weight is 232 g/mol. The first-order valence-electron chi connectivity index (χ1n) is 4.96. The second-order valence-corrected chi connectivity index (χ2v) is 3.48. The number of nitrogens with zero attached hydrogens (tertiary/aromatic N) is 2. The third-order valence-electron chi connectivity index (χ3n) is 2.25. The fourth-order valence-corrected chi connectivity index (χ4v) is 1.41. The fourth-order valence-electron chi connectivity index (χ4n) is 1.41. The number of Topliss-reactive ketones (excluding diaryl/α,β-unsaturated/α-hetero) is 1. The molecule has 0 unspecified atom stereocenters. The molecule has 0 spiro atoms. The molecule has 0 aliphatic heterocycles. The summed E-state index contributed by atoms with van der Waals surface area (Å²) in [6.07, 6.45) is 2.63. The molecule has 5 heteroatoms. The van der Waals surface area contributed by atoms with Gasteiger partial charge in [0.05, 0.1) is 12.9 Å². The summed E-state index contributed by atoms with van der Waals surface area (Å²) in [5.41, 5.74) is -0.0782. The molecule has 17 heavy (non-hydrogen) atoms. The van der Waals surface area contributed by atoms with E-state index in [1.54, 1.807) is 0 Å². The Balaban J connectivity index is 2.23.